The van der Waals surface area contributed by atoms with Gasteiger partial charge in [-0.1, -0.05) is 12.8 Å². The summed E-state index contributed by atoms with van der Waals surface area (Å²) in [6.07, 6.45) is 7.76. The second kappa shape index (κ2) is 2.73. The van der Waals surface area contributed by atoms with Gasteiger partial charge in [0.05, 0.1) is 0 Å². The molecule has 0 spiro atoms. The summed E-state index contributed by atoms with van der Waals surface area (Å²) in [7, 11) is 0. The Bertz CT molecular complexity index is 168. The van der Waals surface area contributed by atoms with E-state index in [9.17, 15) is 0 Å². The Balaban J connectivity index is 1.99. The van der Waals surface area contributed by atoms with Gasteiger partial charge < -0.3 is 4.90 Å². The van der Waals surface area contributed by atoms with E-state index in [0.29, 0.717) is 0 Å². The Morgan fingerprint density at radius 1 is 1.09 bits per heavy atom. The summed E-state index contributed by atoms with van der Waals surface area (Å²) in [5.41, 5.74) is 0. The molecule has 0 aromatic rings. The Kier molecular flexibility index (Phi) is 1.73. The van der Waals surface area contributed by atoms with E-state index in [-0.39, 0.29) is 0 Å². The summed E-state index contributed by atoms with van der Waals surface area (Å²) in [5, 5.41) is 8.69. The maximum Gasteiger partial charge on any atom is 0.179 e. The van der Waals surface area contributed by atoms with E-state index in [1.165, 1.54) is 25.7 Å². The second-order valence-corrected chi connectivity index (χ2v) is 3.81. The van der Waals surface area contributed by atoms with Crippen molar-refractivity contribution in [3.63, 3.8) is 0 Å². The number of hydrogen-bond acceptors (Lipinski definition) is 2. The monoisotopic (exact) mass is 150 g/mol. The lowest BCUT2D eigenvalue weighted by Gasteiger charge is -2.22. The standard InChI is InChI=1S/C9H14N2/c10-7-11-5-8-3-1-2-4-9(8)6-11/h8-9H,1-6H2/t8-,9+. The summed E-state index contributed by atoms with van der Waals surface area (Å²) in [6.45, 7) is 2.09. The number of hydrogen-bond donors (Lipinski definition) is 0. The van der Waals surface area contributed by atoms with Crippen LogP contribution in [0.5, 0.6) is 0 Å². The fourth-order valence-corrected chi connectivity index (χ4v) is 2.49. The molecule has 2 aliphatic rings. The molecule has 2 fully saturated rings. The van der Waals surface area contributed by atoms with Gasteiger partial charge in [0, 0.05) is 13.1 Å². The zero-order valence-corrected chi connectivity index (χ0v) is 6.79. The molecule has 2 heteroatoms. The minimum atomic E-state index is 0.850. The zero-order valence-electron chi connectivity index (χ0n) is 6.79. The number of rotatable bonds is 0. The minimum absolute atomic E-state index is 0.850. The molecule has 2 rings (SSSR count). The third-order valence-electron chi connectivity index (χ3n) is 3.12. The molecule has 0 aromatic carbocycles. The number of fused-ring (bicyclic) bond motifs is 1. The summed E-state index contributed by atoms with van der Waals surface area (Å²) >= 11 is 0. The molecule has 2 nitrogen and oxygen atoms in total. The number of likely N-dealkylation sites (tertiary alicyclic amines) is 1. The zero-order chi connectivity index (χ0) is 7.68. The van der Waals surface area contributed by atoms with Gasteiger partial charge in [0.2, 0.25) is 0 Å². The van der Waals surface area contributed by atoms with Gasteiger partial charge in [-0.25, -0.2) is 0 Å². The van der Waals surface area contributed by atoms with E-state index in [2.05, 4.69) is 6.19 Å². The van der Waals surface area contributed by atoms with Crippen molar-refractivity contribution in [3.05, 3.63) is 0 Å². The van der Waals surface area contributed by atoms with Gasteiger partial charge in [0.15, 0.2) is 6.19 Å². The molecule has 11 heavy (non-hydrogen) atoms. The highest BCUT2D eigenvalue weighted by atomic mass is 15.1. The van der Waals surface area contributed by atoms with Crippen LogP contribution in [0.2, 0.25) is 0 Å². The van der Waals surface area contributed by atoms with Crippen LogP contribution >= 0.6 is 0 Å². The van der Waals surface area contributed by atoms with Crippen molar-refractivity contribution >= 4 is 0 Å². The van der Waals surface area contributed by atoms with Crippen molar-refractivity contribution in [1.29, 1.82) is 5.26 Å². The first-order valence-corrected chi connectivity index (χ1v) is 4.55. The fraction of sp³-hybridized carbons (Fsp3) is 0.889. The van der Waals surface area contributed by atoms with E-state index in [1.54, 1.807) is 0 Å². The largest absolute Gasteiger partial charge is 0.310 e. The minimum Gasteiger partial charge on any atom is -0.310 e. The van der Waals surface area contributed by atoms with Gasteiger partial charge in [0.1, 0.15) is 0 Å². The van der Waals surface area contributed by atoms with Crippen LogP contribution in [0.15, 0.2) is 0 Å². The van der Waals surface area contributed by atoms with Gasteiger partial charge in [-0.15, -0.1) is 0 Å². The Labute approximate surface area is 67.8 Å². The lowest BCUT2D eigenvalue weighted by atomic mass is 9.82. The molecule has 2 atom stereocenters. The smallest absolute Gasteiger partial charge is 0.179 e. The average Bonchev–Trinajstić information content (AvgIpc) is 2.46. The van der Waals surface area contributed by atoms with E-state index in [4.69, 9.17) is 5.26 Å². The summed E-state index contributed by atoms with van der Waals surface area (Å²) in [6, 6.07) is 0. The molecule has 60 valence electrons. The summed E-state index contributed by atoms with van der Waals surface area (Å²) in [5.74, 6) is 1.70. The van der Waals surface area contributed by atoms with Gasteiger partial charge in [-0.05, 0) is 24.7 Å². The van der Waals surface area contributed by atoms with Gasteiger partial charge in [0.25, 0.3) is 0 Å². The first-order valence-electron chi connectivity index (χ1n) is 4.55. The van der Waals surface area contributed by atoms with Crippen molar-refractivity contribution in [2.24, 2.45) is 11.8 Å². The normalized spacial score (nSPS) is 36.5. The van der Waals surface area contributed by atoms with Crippen molar-refractivity contribution in [3.8, 4) is 6.19 Å². The molecule has 0 N–H and O–H groups in total. The van der Waals surface area contributed by atoms with Gasteiger partial charge in [-0.2, -0.15) is 5.26 Å². The first kappa shape index (κ1) is 6.97. The maximum absolute atomic E-state index is 8.69. The van der Waals surface area contributed by atoms with E-state index >= 15 is 0 Å². The highest BCUT2D eigenvalue weighted by Crippen LogP contribution is 2.35. The highest BCUT2D eigenvalue weighted by molar-refractivity contribution is 4.91. The molecule has 1 saturated carbocycles. The SMILES string of the molecule is N#CN1C[C@H]2CCCC[C@H]2C1. The Morgan fingerprint density at radius 3 is 2.09 bits per heavy atom. The quantitative estimate of drug-likeness (QED) is 0.490. The van der Waals surface area contributed by atoms with Crippen LogP contribution in [-0.2, 0) is 0 Å². The molecular formula is C9H14N2. The van der Waals surface area contributed by atoms with Crippen LogP contribution in [0, 0.1) is 23.3 Å². The first-order chi connectivity index (χ1) is 5.40. The average molecular weight is 150 g/mol. The molecule has 0 radical (unpaired) electrons. The van der Waals surface area contributed by atoms with E-state index in [0.717, 1.165) is 24.9 Å². The van der Waals surface area contributed by atoms with Crippen LogP contribution in [0.1, 0.15) is 25.7 Å². The van der Waals surface area contributed by atoms with Crippen molar-refractivity contribution in [2.45, 2.75) is 25.7 Å². The van der Waals surface area contributed by atoms with Gasteiger partial charge >= 0.3 is 0 Å². The van der Waals surface area contributed by atoms with Crippen molar-refractivity contribution in [2.75, 3.05) is 13.1 Å². The third-order valence-corrected chi connectivity index (χ3v) is 3.12. The van der Waals surface area contributed by atoms with Crippen molar-refractivity contribution < 1.29 is 0 Å². The predicted octanol–water partition coefficient (Wildman–Crippen LogP) is 1.59. The van der Waals surface area contributed by atoms with Crippen LogP contribution in [0.3, 0.4) is 0 Å². The molecule has 0 bridgehead atoms. The molecular weight excluding hydrogens is 136 g/mol. The highest BCUT2D eigenvalue weighted by Gasteiger charge is 2.33. The van der Waals surface area contributed by atoms with Crippen LogP contribution in [0.4, 0.5) is 0 Å². The molecule has 0 aromatic heterocycles. The lowest BCUT2D eigenvalue weighted by molar-refractivity contribution is 0.299. The second-order valence-electron chi connectivity index (χ2n) is 3.81. The predicted molar refractivity (Wildman–Crippen MR) is 42.6 cm³/mol. The number of nitrogens with zero attached hydrogens (tertiary/aromatic N) is 2. The maximum atomic E-state index is 8.69. The molecule has 0 unspecified atom stereocenters. The van der Waals surface area contributed by atoms with Crippen molar-refractivity contribution in [1.82, 2.24) is 4.90 Å². The van der Waals surface area contributed by atoms with Gasteiger partial charge in [-0.3, -0.25) is 0 Å². The summed E-state index contributed by atoms with van der Waals surface area (Å²) < 4.78 is 0. The fourth-order valence-electron chi connectivity index (χ4n) is 2.49. The summed E-state index contributed by atoms with van der Waals surface area (Å²) in [4.78, 5) is 1.93. The van der Waals surface area contributed by atoms with Crippen LogP contribution < -0.4 is 0 Å². The Hall–Kier alpha value is -0.710. The molecule has 1 heterocycles. The number of nitriles is 1. The van der Waals surface area contributed by atoms with Crippen LogP contribution in [-0.4, -0.2) is 18.0 Å². The molecule has 0 amide bonds. The molecule has 1 aliphatic carbocycles. The van der Waals surface area contributed by atoms with E-state index < -0.39 is 0 Å². The lowest BCUT2D eigenvalue weighted by Crippen LogP contribution is -2.16. The Morgan fingerprint density at radius 2 is 1.64 bits per heavy atom. The topological polar surface area (TPSA) is 27.0 Å². The van der Waals surface area contributed by atoms with Crippen LogP contribution in [0.25, 0.3) is 0 Å². The van der Waals surface area contributed by atoms with E-state index in [1.807, 2.05) is 4.90 Å². The third kappa shape index (κ3) is 1.20. The molecule has 1 saturated heterocycles. The molecule has 1 aliphatic heterocycles.